The van der Waals surface area contributed by atoms with Gasteiger partial charge in [-0.05, 0) is 17.7 Å². The van der Waals surface area contributed by atoms with Crippen LogP contribution in [0.1, 0.15) is 5.56 Å². The molecule has 0 heterocycles. The summed E-state index contributed by atoms with van der Waals surface area (Å²) in [6.45, 7) is -0.676. The highest BCUT2D eigenvalue weighted by molar-refractivity contribution is 7.89. The smallest absolute Gasteiger partial charge is 0.408 e. The van der Waals surface area contributed by atoms with E-state index >= 15 is 0 Å². The first-order valence-corrected chi connectivity index (χ1v) is 10.2. The van der Waals surface area contributed by atoms with E-state index in [9.17, 15) is 23.1 Å². The largest absolute Gasteiger partial charge is 0.497 e. The maximum atomic E-state index is 12.6. The van der Waals surface area contributed by atoms with Crippen LogP contribution in [0.4, 0.5) is 4.79 Å². The number of ether oxygens (including phenoxy) is 3. The van der Waals surface area contributed by atoms with Gasteiger partial charge in [0.05, 0.1) is 14.2 Å². The molecule has 0 saturated heterocycles. The van der Waals surface area contributed by atoms with Crippen molar-refractivity contribution in [1.82, 2.24) is 10.0 Å². The molecule has 0 radical (unpaired) electrons. The van der Waals surface area contributed by atoms with Crippen molar-refractivity contribution in [3.05, 3.63) is 54.1 Å². The van der Waals surface area contributed by atoms with Gasteiger partial charge in [0.2, 0.25) is 10.0 Å². The number of carboxylic acid groups (broad SMARTS) is 1. The normalized spacial score (nSPS) is 11.9. The zero-order chi connectivity index (χ0) is 22.1. The van der Waals surface area contributed by atoms with Crippen molar-refractivity contribution in [2.45, 2.75) is 17.5 Å². The van der Waals surface area contributed by atoms with Crippen LogP contribution >= 0.6 is 0 Å². The Hall–Kier alpha value is -3.31. The predicted octanol–water partition coefficient (Wildman–Crippen LogP) is 1.36. The van der Waals surface area contributed by atoms with E-state index in [0.29, 0.717) is 5.56 Å². The number of alkyl carbamates (subject to hydrolysis) is 1. The van der Waals surface area contributed by atoms with Crippen molar-refractivity contribution >= 4 is 22.1 Å². The van der Waals surface area contributed by atoms with Crippen molar-refractivity contribution < 1.29 is 37.3 Å². The molecule has 0 aliphatic heterocycles. The summed E-state index contributed by atoms with van der Waals surface area (Å²) in [6.07, 6.45) is -0.996. The fraction of sp³-hybridized carbons (Fsp3) is 0.263. The third-order valence-electron chi connectivity index (χ3n) is 3.94. The molecule has 10 nitrogen and oxygen atoms in total. The van der Waals surface area contributed by atoms with Crippen molar-refractivity contribution in [3.8, 4) is 11.5 Å². The monoisotopic (exact) mass is 438 g/mol. The summed E-state index contributed by atoms with van der Waals surface area (Å²) in [5.41, 5.74) is 0.713. The van der Waals surface area contributed by atoms with Gasteiger partial charge in [-0.1, -0.05) is 30.3 Å². The number of methoxy groups -OCH3 is 2. The Morgan fingerprint density at radius 3 is 2.37 bits per heavy atom. The molecule has 0 fully saturated rings. The molecule has 3 N–H and O–H groups in total. The predicted molar refractivity (Wildman–Crippen MR) is 106 cm³/mol. The zero-order valence-corrected chi connectivity index (χ0v) is 17.1. The first-order valence-electron chi connectivity index (χ1n) is 8.68. The van der Waals surface area contributed by atoms with Crippen LogP contribution in [0, 0.1) is 0 Å². The Morgan fingerprint density at radius 2 is 1.77 bits per heavy atom. The second kappa shape index (κ2) is 10.5. The van der Waals surface area contributed by atoms with Gasteiger partial charge in [-0.3, -0.25) is 0 Å². The summed E-state index contributed by atoms with van der Waals surface area (Å²) in [4.78, 5) is 23.1. The van der Waals surface area contributed by atoms with Crippen molar-refractivity contribution in [2.24, 2.45) is 0 Å². The molecule has 2 rings (SSSR count). The van der Waals surface area contributed by atoms with Crippen LogP contribution in [0.15, 0.2) is 53.4 Å². The Balaban J connectivity index is 2.03. The molecule has 0 aliphatic carbocycles. The summed E-state index contributed by atoms with van der Waals surface area (Å²) >= 11 is 0. The van der Waals surface area contributed by atoms with E-state index in [1.807, 2.05) is 0 Å². The summed E-state index contributed by atoms with van der Waals surface area (Å²) in [5, 5.41) is 11.4. The third kappa shape index (κ3) is 6.36. The molecule has 0 saturated carbocycles. The minimum absolute atomic E-state index is 0.0467. The Labute approximate surface area is 173 Å². The number of amides is 1. The van der Waals surface area contributed by atoms with Gasteiger partial charge in [-0.25, -0.2) is 22.7 Å². The van der Waals surface area contributed by atoms with E-state index in [1.165, 1.54) is 32.4 Å². The fourth-order valence-corrected chi connectivity index (χ4v) is 3.60. The fourth-order valence-electron chi connectivity index (χ4n) is 2.37. The minimum Gasteiger partial charge on any atom is -0.497 e. The molecule has 11 heteroatoms. The molecule has 1 atom stereocenters. The summed E-state index contributed by atoms with van der Waals surface area (Å²) in [5.74, 6) is -1.12. The van der Waals surface area contributed by atoms with Crippen LogP contribution in [0.5, 0.6) is 11.5 Å². The van der Waals surface area contributed by atoms with Crippen LogP contribution in [0.3, 0.4) is 0 Å². The lowest BCUT2D eigenvalue weighted by Gasteiger charge is -2.17. The molecule has 2 aromatic rings. The second-order valence-corrected chi connectivity index (χ2v) is 7.70. The van der Waals surface area contributed by atoms with Crippen molar-refractivity contribution in [2.75, 3.05) is 20.8 Å². The van der Waals surface area contributed by atoms with E-state index in [0.717, 1.165) is 0 Å². The molecule has 0 bridgehead atoms. The lowest BCUT2D eigenvalue weighted by molar-refractivity contribution is -0.139. The molecule has 2 aromatic carbocycles. The number of aliphatic carboxylic acids is 1. The Kier molecular flexibility index (Phi) is 8.01. The van der Waals surface area contributed by atoms with Crippen LogP contribution in [0.2, 0.25) is 0 Å². The van der Waals surface area contributed by atoms with E-state index < -0.39 is 34.7 Å². The molecule has 1 amide bonds. The molecule has 0 aliphatic rings. The minimum atomic E-state index is -4.17. The molecular weight excluding hydrogens is 416 g/mol. The molecular formula is C19H22N2O8S. The summed E-state index contributed by atoms with van der Waals surface area (Å²) < 4.78 is 42.4. The van der Waals surface area contributed by atoms with Crippen LogP contribution in [-0.2, 0) is 26.2 Å². The van der Waals surface area contributed by atoms with Crippen molar-refractivity contribution in [1.29, 1.82) is 0 Å². The average molecular weight is 438 g/mol. The molecule has 162 valence electrons. The van der Waals surface area contributed by atoms with Crippen LogP contribution < -0.4 is 19.5 Å². The summed E-state index contributed by atoms with van der Waals surface area (Å²) in [6, 6.07) is 11.4. The standard InChI is InChI=1S/C19H22N2O8S/c1-27-14-8-9-16(28-2)17(10-14)30(25,26)20-11-15(18(22)23)21-19(24)29-12-13-6-4-3-5-7-13/h3-10,15,20H,11-12H2,1-2H3,(H,21,24)(H,22,23). The SMILES string of the molecule is COc1ccc(OC)c(S(=O)(=O)NCC(NC(=O)OCc2ccccc2)C(=O)O)c1. The number of benzene rings is 2. The second-order valence-electron chi connectivity index (χ2n) is 5.97. The van der Waals surface area contributed by atoms with Gasteiger partial charge in [0.25, 0.3) is 0 Å². The number of sulfonamides is 1. The highest BCUT2D eigenvalue weighted by Gasteiger charge is 2.26. The Bertz CT molecular complexity index is 979. The van der Waals surface area contributed by atoms with Gasteiger partial charge in [-0.2, -0.15) is 0 Å². The average Bonchev–Trinajstić information content (AvgIpc) is 2.75. The molecule has 0 spiro atoms. The number of rotatable bonds is 10. The Morgan fingerprint density at radius 1 is 1.07 bits per heavy atom. The lowest BCUT2D eigenvalue weighted by atomic mass is 10.2. The van der Waals surface area contributed by atoms with Gasteiger partial charge in [0.1, 0.15) is 29.0 Å². The van der Waals surface area contributed by atoms with Gasteiger partial charge in [0, 0.05) is 12.6 Å². The topological polar surface area (TPSA) is 140 Å². The number of carbonyl (C=O) groups excluding carboxylic acids is 1. The zero-order valence-electron chi connectivity index (χ0n) is 16.3. The maximum absolute atomic E-state index is 12.6. The van der Waals surface area contributed by atoms with Gasteiger partial charge < -0.3 is 24.6 Å². The van der Waals surface area contributed by atoms with Crippen LogP contribution in [0.25, 0.3) is 0 Å². The number of hydrogen-bond donors (Lipinski definition) is 3. The number of carboxylic acids is 1. The number of nitrogens with one attached hydrogen (secondary N) is 2. The third-order valence-corrected chi connectivity index (χ3v) is 5.39. The van der Waals surface area contributed by atoms with E-state index in [1.54, 1.807) is 30.3 Å². The van der Waals surface area contributed by atoms with Crippen LogP contribution in [-0.4, -0.2) is 52.4 Å². The van der Waals surface area contributed by atoms with Gasteiger partial charge in [0.15, 0.2) is 0 Å². The first kappa shape index (κ1) is 23.0. The molecule has 30 heavy (non-hydrogen) atoms. The molecule has 0 aromatic heterocycles. The van der Waals surface area contributed by atoms with Gasteiger partial charge in [-0.15, -0.1) is 0 Å². The first-order chi connectivity index (χ1) is 14.3. The quantitative estimate of drug-likeness (QED) is 0.505. The van der Waals surface area contributed by atoms with E-state index in [2.05, 4.69) is 10.0 Å². The maximum Gasteiger partial charge on any atom is 0.408 e. The lowest BCUT2D eigenvalue weighted by Crippen LogP contribution is -2.48. The highest BCUT2D eigenvalue weighted by Crippen LogP contribution is 2.27. The number of hydrogen-bond acceptors (Lipinski definition) is 7. The van der Waals surface area contributed by atoms with Gasteiger partial charge >= 0.3 is 12.1 Å². The van der Waals surface area contributed by atoms with E-state index in [4.69, 9.17) is 14.2 Å². The highest BCUT2D eigenvalue weighted by atomic mass is 32.2. The van der Waals surface area contributed by atoms with E-state index in [-0.39, 0.29) is 23.0 Å². The molecule has 1 unspecified atom stereocenters. The van der Waals surface area contributed by atoms with Crippen molar-refractivity contribution in [3.63, 3.8) is 0 Å². The number of carbonyl (C=O) groups is 2. The summed E-state index contributed by atoms with van der Waals surface area (Å²) in [7, 11) is -1.50.